The van der Waals surface area contributed by atoms with Gasteiger partial charge in [-0.3, -0.25) is 0 Å². The van der Waals surface area contributed by atoms with Crippen LogP contribution in [0.2, 0.25) is 0 Å². The van der Waals surface area contributed by atoms with E-state index in [0.717, 1.165) is 30.3 Å². The first-order valence-corrected chi connectivity index (χ1v) is 7.19. The van der Waals surface area contributed by atoms with Gasteiger partial charge in [-0.2, -0.15) is 4.98 Å². The van der Waals surface area contributed by atoms with Gasteiger partial charge in [-0.05, 0) is 32.3 Å². The molecule has 1 saturated heterocycles. The fourth-order valence-corrected chi connectivity index (χ4v) is 2.64. The van der Waals surface area contributed by atoms with Gasteiger partial charge in [0.1, 0.15) is 5.82 Å². The molecule has 0 saturated carbocycles. The molecule has 1 aromatic heterocycles. The summed E-state index contributed by atoms with van der Waals surface area (Å²) in [6.07, 6.45) is 3.71. The molecule has 0 atom stereocenters. The Morgan fingerprint density at radius 1 is 1.05 bits per heavy atom. The second-order valence-electron chi connectivity index (χ2n) is 5.40. The molecule has 2 heterocycles. The number of benzene rings is 1. The SMILES string of the molecule is Cc1cccc(-c2cc(N)nc(N3CCCCC3)n2)c1. The van der Waals surface area contributed by atoms with Crippen LogP contribution in [0.15, 0.2) is 30.3 Å². The van der Waals surface area contributed by atoms with Gasteiger partial charge in [0.15, 0.2) is 0 Å². The second-order valence-corrected chi connectivity index (χ2v) is 5.40. The lowest BCUT2D eigenvalue weighted by Gasteiger charge is -2.27. The van der Waals surface area contributed by atoms with Crippen molar-refractivity contribution < 1.29 is 0 Å². The van der Waals surface area contributed by atoms with E-state index in [1.54, 1.807) is 0 Å². The van der Waals surface area contributed by atoms with E-state index >= 15 is 0 Å². The molecule has 4 heteroatoms. The Balaban J connectivity index is 1.97. The van der Waals surface area contributed by atoms with Crippen LogP contribution in [0.25, 0.3) is 11.3 Å². The van der Waals surface area contributed by atoms with Crippen LogP contribution in [0.3, 0.4) is 0 Å². The van der Waals surface area contributed by atoms with E-state index in [1.807, 2.05) is 12.1 Å². The molecule has 20 heavy (non-hydrogen) atoms. The van der Waals surface area contributed by atoms with Crippen molar-refractivity contribution in [1.82, 2.24) is 9.97 Å². The Labute approximate surface area is 119 Å². The van der Waals surface area contributed by atoms with E-state index in [2.05, 4.69) is 35.0 Å². The largest absolute Gasteiger partial charge is 0.384 e. The molecule has 1 aliphatic rings. The van der Waals surface area contributed by atoms with Gasteiger partial charge < -0.3 is 10.6 Å². The highest BCUT2D eigenvalue weighted by Gasteiger charge is 2.15. The monoisotopic (exact) mass is 268 g/mol. The number of hydrogen-bond acceptors (Lipinski definition) is 4. The van der Waals surface area contributed by atoms with Crippen LogP contribution in [0.4, 0.5) is 11.8 Å². The van der Waals surface area contributed by atoms with Crippen molar-refractivity contribution >= 4 is 11.8 Å². The predicted octanol–water partition coefficient (Wildman–Crippen LogP) is 3.02. The molecule has 1 aromatic carbocycles. The number of hydrogen-bond donors (Lipinski definition) is 1. The Morgan fingerprint density at radius 3 is 2.60 bits per heavy atom. The number of nitrogens with two attached hydrogens (primary N) is 1. The normalized spacial score (nSPS) is 15.3. The van der Waals surface area contributed by atoms with Crippen LogP contribution in [0.1, 0.15) is 24.8 Å². The van der Waals surface area contributed by atoms with Crippen LogP contribution in [0.5, 0.6) is 0 Å². The molecule has 1 aliphatic heterocycles. The lowest BCUT2D eigenvalue weighted by atomic mass is 10.1. The lowest BCUT2D eigenvalue weighted by molar-refractivity contribution is 0.568. The number of nitrogens with zero attached hydrogens (tertiary/aromatic N) is 3. The van der Waals surface area contributed by atoms with E-state index in [1.165, 1.54) is 24.8 Å². The molecule has 0 amide bonds. The molecule has 4 nitrogen and oxygen atoms in total. The van der Waals surface area contributed by atoms with Crippen LogP contribution < -0.4 is 10.6 Å². The van der Waals surface area contributed by atoms with Crippen molar-refractivity contribution in [3.8, 4) is 11.3 Å². The fourth-order valence-electron chi connectivity index (χ4n) is 2.64. The summed E-state index contributed by atoms with van der Waals surface area (Å²) >= 11 is 0. The third-order valence-corrected chi connectivity index (χ3v) is 3.69. The maximum Gasteiger partial charge on any atom is 0.227 e. The second kappa shape index (κ2) is 5.49. The minimum atomic E-state index is 0.539. The highest BCUT2D eigenvalue weighted by Crippen LogP contribution is 2.24. The fraction of sp³-hybridized carbons (Fsp3) is 0.375. The Bertz CT molecular complexity index is 603. The molecule has 0 aliphatic carbocycles. The summed E-state index contributed by atoms with van der Waals surface area (Å²) in [5.74, 6) is 1.30. The topological polar surface area (TPSA) is 55.0 Å². The van der Waals surface area contributed by atoms with Crippen LogP contribution >= 0.6 is 0 Å². The van der Waals surface area contributed by atoms with E-state index in [0.29, 0.717) is 5.82 Å². The zero-order valence-corrected chi connectivity index (χ0v) is 11.8. The maximum atomic E-state index is 5.96. The molecule has 0 radical (unpaired) electrons. The number of nitrogen functional groups attached to an aromatic ring is 1. The van der Waals surface area contributed by atoms with Crippen LogP contribution in [-0.4, -0.2) is 23.1 Å². The summed E-state index contributed by atoms with van der Waals surface area (Å²) in [5, 5.41) is 0. The number of aryl methyl sites for hydroxylation is 1. The quantitative estimate of drug-likeness (QED) is 0.909. The molecule has 0 unspecified atom stereocenters. The predicted molar refractivity (Wildman–Crippen MR) is 82.7 cm³/mol. The van der Waals surface area contributed by atoms with Crippen LogP contribution in [-0.2, 0) is 0 Å². The number of aromatic nitrogens is 2. The van der Waals surface area contributed by atoms with E-state index in [4.69, 9.17) is 10.7 Å². The first-order chi connectivity index (χ1) is 9.72. The first kappa shape index (κ1) is 12.9. The minimum Gasteiger partial charge on any atom is -0.384 e. The zero-order chi connectivity index (χ0) is 13.9. The van der Waals surface area contributed by atoms with Crippen molar-refractivity contribution in [3.63, 3.8) is 0 Å². The standard InChI is InChI=1S/C16H20N4/c1-12-6-5-7-13(10-12)14-11-15(17)19-16(18-14)20-8-3-2-4-9-20/h5-7,10-11H,2-4,8-9H2,1H3,(H2,17,18,19). The number of piperidine rings is 1. The van der Waals surface area contributed by atoms with Crippen molar-refractivity contribution in [1.29, 1.82) is 0 Å². The summed E-state index contributed by atoms with van der Waals surface area (Å²) in [4.78, 5) is 11.3. The van der Waals surface area contributed by atoms with E-state index in [9.17, 15) is 0 Å². The highest BCUT2D eigenvalue weighted by atomic mass is 15.3. The summed E-state index contributed by atoms with van der Waals surface area (Å²) in [6, 6.07) is 10.2. The van der Waals surface area contributed by atoms with E-state index in [-0.39, 0.29) is 0 Å². The summed E-state index contributed by atoms with van der Waals surface area (Å²) in [5.41, 5.74) is 9.18. The smallest absolute Gasteiger partial charge is 0.227 e. The van der Waals surface area contributed by atoms with Crippen molar-refractivity contribution in [3.05, 3.63) is 35.9 Å². The summed E-state index contributed by atoms with van der Waals surface area (Å²) in [7, 11) is 0. The molecule has 1 fully saturated rings. The molecule has 2 N–H and O–H groups in total. The Kier molecular flexibility index (Phi) is 3.54. The number of rotatable bonds is 2. The molecule has 0 spiro atoms. The van der Waals surface area contributed by atoms with Gasteiger partial charge in [0.25, 0.3) is 0 Å². The Hall–Kier alpha value is -2.10. The molecule has 2 aromatic rings. The highest BCUT2D eigenvalue weighted by molar-refractivity contribution is 5.64. The number of anilines is 2. The molecule has 0 bridgehead atoms. The first-order valence-electron chi connectivity index (χ1n) is 7.19. The van der Waals surface area contributed by atoms with E-state index < -0.39 is 0 Å². The zero-order valence-electron chi connectivity index (χ0n) is 11.8. The van der Waals surface area contributed by atoms with Crippen molar-refractivity contribution in [2.75, 3.05) is 23.7 Å². The van der Waals surface area contributed by atoms with Crippen molar-refractivity contribution in [2.45, 2.75) is 26.2 Å². The van der Waals surface area contributed by atoms with Gasteiger partial charge in [0.2, 0.25) is 5.95 Å². The molecular weight excluding hydrogens is 248 g/mol. The van der Waals surface area contributed by atoms with Gasteiger partial charge in [-0.15, -0.1) is 0 Å². The van der Waals surface area contributed by atoms with Gasteiger partial charge in [0.05, 0.1) is 5.69 Å². The summed E-state index contributed by atoms with van der Waals surface area (Å²) < 4.78 is 0. The molecule has 3 rings (SSSR count). The molecule has 104 valence electrons. The van der Waals surface area contributed by atoms with Gasteiger partial charge in [0, 0.05) is 24.7 Å². The third-order valence-electron chi connectivity index (χ3n) is 3.69. The lowest BCUT2D eigenvalue weighted by Crippen LogP contribution is -2.31. The van der Waals surface area contributed by atoms with Gasteiger partial charge in [-0.25, -0.2) is 4.98 Å². The van der Waals surface area contributed by atoms with Crippen molar-refractivity contribution in [2.24, 2.45) is 0 Å². The van der Waals surface area contributed by atoms with Gasteiger partial charge in [-0.1, -0.05) is 23.8 Å². The Morgan fingerprint density at radius 2 is 1.85 bits per heavy atom. The molecular formula is C16H20N4. The minimum absolute atomic E-state index is 0.539. The average Bonchev–Trinajstić information content (AvgIpc) is 2.47. The maximum absolute atomic E-state index is 5.96. The van der Waals surface area contributed by atoms with Crippen LogP contribution in [0, 0.1) is 6.92 Å². The average molecular weight is 268 g/mol. The summed E-state index contributed by atoms with van der Waals surface area (Å²) in [6.45, 7) is 4.13. The van der Waals surface area contributed by atoms with Gasteiger partial charge >= 0.3 is 0 Å². The third kappa shape index (κ3) is 2.74.